The molecule has 0 spiro atoms. The molecule has 0 saturated heterocycles. The summed E-state index contributed by atoms with van der Waals surface area (Å²) in [5.74, 6) is -0.141. The zero-order valence-electron chi connectivity index (χ0n) is 15.3. The minimum Gasteiger partial charge on any atom is -0.354 e. The number of halogens is 1. The molecule has 4 heteroatoms. The molecular weight excluding hydrogens is 329 g/mol. The van der Waals surface area contributed by atoms with Crippen molar-refractivity contribution in [1.82, 2.24) is 4.98 Å². The van der Waals surface area contributed by atoms with E-state index in [0.29, 0.717) is 23.0 Å². The first kappa shape index (κ1) is 19.6. The standard InChI is InChI=1S/C19H18FNO2.C3H6/c1-3-14(11(2)20)17-10-19(23)15-7-4-12(8-16(15)21-17)9-18(22)13-5-6-13;1-3-2/h3-4,7-8,10,13H,2,5-6,9H2,1H3,(H,21,23);3H,1H2,2H3/b14-3+;. The van der Waals surface area contributed by atoms with Crippen LogP contribution in [0.5, 0.6) is 0 Å². The summed E-state index contributed by atoms with van der Waals surface area (Å²) in [6.45, 7) is 10.2. The molecule has 2 aromatic rings. The molecular formula is C22H24FNO2. The van der Waals surface area contributed by atoms with Crippen molar-refractivity contribution < 1.29 is 9.18 Å². The average Bonchev–Trinajstić information content (AvgIpc) is 3.40. The van der Waals surface area contributed by atoms with Crippen LogP contribution in [0.15, 0.2) is 60.2 Å². The number of rotatable bonds is 5. The fraction of sp³-hybridized carbons (Fsp3) is 0.273. The molecule has 1 aromatic carbocycles. The average molecular weight is 353 g/mol. The van der Waals surface area contributed by atoms with Crippen LogP contribution >= 0.6 is 0 Å². The van der Waals surface area contributed by atoms with Crippen molar-refractivity contribution in [3.63, 3.8) is 0 Å². The molecule has 1 N–H and O–H groups in total. The van der Waals surface area contributed by atoms with Crippen LogP contribution in [-0.2, 0) is 11.2 Å². The molecule has 1 aliphatic rings. The molecule has 0 radical (unpaired) electrons. The maximum absolute atomic E-state index is 13.5. The summed E-state index contributed by atoms with van der Waals surface area (Å²) in [5, 5.41) is 0.524. The zero-order valence-corrected chi connectivity index (χ0v) is 15.3. The highest BCUT2D eigenvalue weighted by molar-refractivity contribution is 5.88. The first-order valence-electron chi connectivity index (χ1n) is 8.68. The largest absolute Gasteiger partial charge is 0.354 e. The van der Waals surface area contributed by atoms with E-state index in [2.05, 4.69) is 18.1 Å². The van der Waals surface area contributed by atoms with E-state index in [9.17, 15) is 14.0 Å². The van der Waals surface area contributed by atoms with E-state index in [1.807, 2.05) is 13.0 Å². The minimum atomic E-state index is -0.595. The normalized spacial score (nSPS) is 13.7. The van der Waals surface area contributed by atoms with Gasteiger partial charge >= 0.3 is 0 Å². The Hall–Kier alpha value is -2.75. The molecule has 0 amide bonds. The lowest BCUT2D eigenvalue weighted by Gasteiger charge is -2.08. The van der Waals surface area contributed by atoms with Crippen LogP contribution in [0.25, 0.3) is 16.5 Å². The van der Waals surface area contributed by atoms with Gasteiger partial charge in [0.25, 0.3) is 0 Å². The van der Waals surface area contributed by atoms with Crippen LogP contribution < -0.4 is 5.43 Å². The Morgan fingerprint density at radius 1 is 1.31 bits per heavy atom. The number of benzene rings is 1. The van der Waals surface area contributed by atoms with Gasteiger partial charge in [-0.25, -0.2) is 4.39 Å². The lowest BCUT2D eigenvalue weighted by Crippen LogP contribution is -2.08. The van der Waals surface area contributed by atoms with E-state index >= 15 is 0 Å². The molecule has 1 heterocycles. The maximum Gasteiger partial charge on any atom is 0.190 e. The van der Waals surface area contributed by atoms with Crippen molar-refractivity contribution in [1.29, 1.82) is 0 Å². The SMILES string of the molecule is C=C(F)/C(=C\C)c1cc(=O)c2ccc(CC(=O)C3CC3)cc2[nH]1.C=CC. The number of Topliss-reactive ketones (excluding diaryl/α,β-unsaturated/α-hetero) is 1. The predicted octanol–water partition coefficient (Wildman–Crippen LogP) is 5.13. The number of carbonyl (C=O) groups is 1. The number of H-pyrrole nitrogens is 1. The van der Waals surface area contributed by atoms with Gasteiger partial charge in [0.05, 0.1) is 5.69 Å². The first-order chi connectivity index (χ1) is 12.4. The van der Waals surface area contributed by atoms with Gasteiger partial charge in [0.1, 0.15) is 11.6 Å². The quantitative estimate of drug-likeness (QED) is 0.598. The Bertz CT molecular complexity index is 933. The molecule has 136 valence electrons. The van der Waals surface area contributed by atoms with Crippen molar-refractivity contribution >= 4 is 22.3 Å². The topological polar surface area (TPSA) is 49.9 Å². The van der Waals surface area contributed by atoms with Crippen LogP contribution in [0.3, 0.4) is 0 Å². The van der Waals surface area contributed by atoms with Crippen molar-refractivity contribution in [3.8, 4) is 0 Å². The number of aromatic nitrogens is 1. The molecule has 26 heavy (non-hydrogen) atoms. The van der Waals surface area contributed by atoms with Crippen molar-refractivity contribution in [2.45, 2.75) is 33.1 Å². The molecule has 1 aliphatic carbocycles. The number of hydrogen-bond acceptors (Lipinski definition) is 2. The second kappa shape index (κ2) is 8.56. The molecule has 0 unspecified atom stereocenters. The van der Waals surface area contributed by atoms with Gasteiger partial charge in [0, 0.05) is 34.9 Å². The Kier molecular flexibility index (Phi) is 6.45. The van der Waals surface area contributed by atoms with Crippen LogP contribution in [0.4, 0.5) is 4.39 Å². The summed E-state index contributed by atoms with van der Waals surface area (Å²) in [7, 11) is 0. The van der Waals surface area contributed by atoms with E-state index in [1.165, 1.54) is 6.07 Å². The molecule has 0 atom stereocenters. The number of pyridine rings is 1. The molecule has 3 nitrogen and oxygen atoms in total. The molecule has 3 rings (SSSR count). The summed E-state index contributed by atoms with van der Waals surface area (Å²) in [6, 6.07) is 6.70. The minimum absolute atomic E-state index is 0.186. The monoisotopic (exact) mass is 353 g/mol. The van der Waals surface area contributed by atoms with Gasteiger partial charge in [-0.1, -0.05) is 24.8 Å². The molecule has 0 bridgehead atoms. The Balaban J connectivity index is 0.000000758. The summed E-state index contributed by atoms with van der Waals surface area (Å²) in [4.78, 5) is 27.3. The summed E-state index contributed by atoms with van der Waals surface area (Å²) in [6.07, 6.45) is 5.66. The Labute approximate surface area is 152 Å². The fourth-order valence-corrected chi connectivity index (χ4v) is 2.76. The second-order valence-electron chi connectivity index (χ2n) is 6.36. The Morgan fingerprint density at radius 2 is 1.96 bits per heavy atom. The van der Waals surface area contributed by atoms with Gasteiger partial charge in [0.2, 0.25) is 0 Å². The summed E-state index contributed by atoms with van der Waals surface area (Å²) in [5.41, 5.74) is 1.94. The first-order valence-corrected chi connectivity index (χ1v) is 8.68. The highest BCUT2D eigenvalue weighted by Crippen LogP contribution is 2.31. The van der Waals surface area contributed by atoms with Gasteiger partial charge in [-0.2, -0.15) is 0 Å². The van der Waals surface area contributed by atoms with Gasteiger partial charge in [-0.15, -0.1) is 6.58 Å². The highest BCUT2D eigenvalue weighted by atomic mass is 19.1. The third-order valence-electron chi connectivity index (χ3n) is 4.18. The number of carbonyl (C=O) groups excluding carboxylic acids is 1. The van der Waals surface area contributed by atoms with Gasteiger partial charge in [0.15, 0.2) is 5.43 Å². The maximum atomic E-state index is 13.5. The predicted molar refractivity (Wildman–Crippen MR) is 106 cm³/mol. The number of nitrogens with one attached hydrogen (secondary N) is 1. The van der Waals surface area contributed by atoms with Crippen LogP contribution in [0, 0.1) is 5.92 Å². The van der Waals surface area contributed by atoms with E-state index < -0.39 is 5.83 Å². The molecule has 0 aliphatic heterocycles. The number of aromatic amines is 1. The third kappa shape index (κ3) is 4.66. The number of hydrogen-bond donors (Lipinski definition) is 1. The lowest BCUT2D eigenvalue weighted by molar-refractivity contribution is -0.119. The van der Waals surface area contributed by atoms with Gasteiger partial charge in [-0.3, -0.25) is 9.59 Å². The number of allylic oxidation sites excluding steroid dienone is 4. The second-order valence-corrected chi connectivity index (χ2v) is 6.36. The van der Waals surface area contributed by atoms with E-state index in [-0.39, 0.29) is 22.7 Å². The summed E-state index contributed by atoms with van der Waals surface area (Å²) >= 11 is 0. The third-order valence-corrected chi connectivity index (χ3v) is 4.18. The van der Waals surface area contributed by atoms with E-state index in [0.717, 1.165) is 18.4 Å². The zero-order chi connectivity index (χ0) is 19.3. The van der Waals surface area contributed by atoms with Crippen LogP contribution in [-0.4, -0.2) is 10.8 Å². The highest BCUT2D eigenvalue weighted by Gasteiger charge is 2.29. The van der Waals surface area contributed by atoms with Gasteiger partial charge < -0.3 is 4.98 Å². The molecule has 1 aromatic heterocycles. The summed E-state index contributed by atoms with van der Waals surface area (Å²) < 4.78 is 13.5. The van der Waals surface area contributed by atoms with Crippen molar-refractivity contribution in [2.24, 2.45) is 5.92 Å². The molecule has 1 saturated carbocycles. The fourth-order valence-electron chi connectivity index (χ4n) is 2.76. The number of fused-ring (bicyclic) bond motifs is 1. The van der Waals surface area contributed by atoms with Gasteiger partial charge in [-0.05, 0) is 44.4 Å². The smallest absolute Gasteiger partial charge is 0.190 e. The Morgan fingerprint density at radius 3 is 2.50 bits per heavy atom. The van der Waals surface area contributed by atoms with E-state index in [4.69, 9.17) is 0 Å². The van der Waals surface area contributed by atoms with Crippen molar-refractivity contribution in [2.75, 3.05) is 0 Å². The van der Waals surface area contributed by atoms with E-state index in [1.54, 1.807) is 31.2 Å². The lowest BCUT2D eigenvalue weighted by atomic mass is 10.0. The van der Waals surface area contributed by atoms with Crippen LogP contribution in [0.2, 0.25) is 0 Å². The van der Waals surface area contributed by atoms with Crippen LogP contribution in [0.1, 0.15) is 37.9 Å². The molecule has 1 fully saturated rings. The number of ketones is 1. The van der Waals surface area contributed by atoms with Crippen molar-refractivity contribution in [3.05, 3.63) is 76.9 Å².